The van der Waals surface area contributed by atoms with Gasteiger partial charge in [-0.3, -0.25) is 0 Å². The van der Waals surface area contributed by atoms with Gasteiger partial charge in [-0.1, -0.05) is 6.07 Å². The second-order valence-electron chi connectivity index (χ2n) is 6.27. The van der Waals surface area contributed by atoms with E-state index < -0.39 is 5.60 Å². The minimum absolute atomic E-state index is 0.288. The van der Waals surface area contributed by atoms with Crippen molar-refractivity contribution in [2.24, 2.45) is 0 Å². The molecule has 1 fully saturated rings. The molecule has 0 bridgehead atoms. The van der Waals surface area contributed by atoms with E-state index in [1.807, 2.05) is 48.9 Å². The number of carbonyl (C=O) groups excluding carboxylic acids is 1. The monoisotopic (exact) mass is 314 g/mol. The van der Waals surface area contributed by atoms with E-state index in [2.05, 4.69) is 15.7 Å². The molecule has 1 saturated carbocycles. The van der Waals surface area contributed by atoms with Crippen molar-refractivity contribution in [3.8, 4) is 5.69 Å². The van der Waals surface area contributed by atoms with Crippen LogP contribution in [0.2, 0.25) is 0 Å². The Morgan fingerprint density at radius 1 is 1.35 bits per heavy atom. The number of nitrogens with one attached hydrogen (secondary N) is 2. The minimum atomic E-state index is -0.719. The summed E-state index contributed by atoms with van der Waals surface area (Å²) in [6.07, 6.45) is 2.52. The molecule has 0 saturated heterocycles. The Morgan fingerprint density at radius 3 is 2.74 bits per heavy atom. The van der Waals surface area contributed by atoms with Crippen molar-refractivity contribution in [3.05, 3.63) is 41.7 Å². The van der Waals surface area contributed by atoms with Crippen molar-refractivity contribution in [1.29, 1.82) is 0 Å². The molecule has 0 radical (unpaired) electrons. The topological polar surface area (TPSA) is 79.2 Å². The van der Waals surface area contributed by atoms with Crippen LogP contribution in [0.4, 0.5) is 10.5 Å². The van der Waals surface area contributed by atoms with Crippen LogP contribution in [-0.2, 0) is 0 Å². The van der Waals surface area contributed by atoms with Crippen molar-refractivity contribution >= 4 is 11.7 Å². The Morgan fingerprint density at radius 2 is 2.13 bits per heavy atom. The van der Waals surface area contributed by atoms with E-state index in [1.54, 1.807) is 0 Å². The van der Waals surface area contributed by atoms with Gasteiger partial charge in [-0.25, -0.2) is 9.48 Å². The summed E-state index contributed by atoms with van der Waals surface area (Å²) in [5.41, 5.74) is 2.85. The van der Waals surface area contributed by atoms with E-state index in [4.69, 9.17) is 0 Å². The minimum Gasteiger partial charge on any atom is -0.388 e. The normalized spacial score (nSPS) is 15.8. The van der Waals surface area contributed by atoms with Crippen LogP contribution in [0.15, 0.2) is 30.3 Å². The summed E-state index contributed by atoms with van der Waals surface area (Å²) in [5, 5.41) is 20.0. The second kappa shape index (κ2) is 6.04. The quantitative estimate of drug-likeness (QED) is 0.811. The molecule has 2 aromatic rings. The SMILES string of the molecule is Cc1cc(C)n(-c2cccc(NC(=O)NCC3(O)CCC3)c2)n1. The molecule has 0 spiro atoms. The fraction of sp³-hybridized carbons (Fsp3) is 0.412. The summed E-state index contributed by atoms with van der Waals surface area (Å²) in [4.78, 5) is 12.0. The molecule has 0 unspecified atom stereocenters. The van der Waals surface area contributed by atoms with Crippen LogP contribution >= 0.6 is 0 Å². The molecule has 6 nitrogen and oxygen atoms in total. The van der Waals surface area contributed by atoms with Crippen molar-refractivity contribution < 1.29 is 9.90 Å². The van der Waals surface area contributed by atoms with Crippen LogP contribution in [0, 0.1) is 13.8 Å². The molecule has 1 aliphatic carbocycles. The van der Waals surface area contributed by atoms with Gasteiger partial charge in [-0.05, 0) is 57.4 Å². The van der Waals surface area contributed by atoms with Crippen molar-refractivity contribution in [3.63, 3.8) is 0 Å². The van der Waals surface area contributed by atoms with Gasteiger partial charge in [-0.15, -0.1) is 0 Å². The summed E-state index contributed by atoms with van der Waals surface area (Å²) in [6.45, 7) is 4.23. The Bertz CT molecular complexity index is 719. The first kappa shape index (κ1) is 15.6. The highest BCUT2D eigenvalue weighted by atomic mass is 16.3. The lowest BCUT2D eigenvalue weighted by molar-refractivity contribution is -0.0287. The van der Waals surface area contributed by atoms with Crippen LogP contribution < -0.4 is 10.6 Å². The number of amides is 2. The zero-order valence-corrected chi connectivity index (χ0v) is 13.5. The maximum absolute atomic E-state index is 12.0. The van der Waals surface area contributed by atoms with Gasteiger partial charge in [0.15, 0.2) is 0 Å². The number of anilines is 1. The molecule has 1 aliphatic rings. The van der Waals surface area contributed by atoms with Gasteiger partial charge >= 0.3 is 6.03 Å². The van der Waals surface area contributed by atoms with Crippen molar-refractivity contribution in [2.75, 3.05) is 11.9 Å². The van der Waals surface area contributed by atoms with E-state index in [0.29, 0.717) is 5.69 Å². The molecule has 0 aliphatic heterocycles. The van der Waals surface area contributed by atoms with Crippen LogP contribution in [0.3, 0.4) is 0 Å². The van der Waals surface area contributed by atoms with E-state index >= 15 is 0 Å². The summed E-state index contributed by atoms with van der Waals surface area (Å²) < 4.78 is 1.84. The molecule has 2 amide bonds. The number of hydrogen-bond acceptors (Lipinski definition) is 3. The maximum atomic E-state index is 12.0. The van der Waals surface area contributed by atoms with Crippen molar-refractivity contribution in [2.45, 2.75) is 38.7 Å². The number of aromatic nitrogens is 2. The van der Waals surface area contributed by atoms with Crippen LogP contribution in [0.5, 0.6) is 0 Å². The lowest BCUT2D eigenvalue weighted by Crippen LogP contribution is -2.48. The average Bonchev–Trinajstić information content (AvgIpc) is 2.82. The van der Waals surface area contributed by atoms with Gasteiger partial charge < -0.3 is 15.7 Å². The highest BCUT2D eigenvalue weighted by molar-refractivity contribution is 5.89. The standard InChI is InChI=1S/C17H22N4O2/c1-12-9-13(2)21(20-12)15-6-3-5-14(10-15)19-16(22)18-11-17(23)7-4-8-17/h3,5-6,9-10,23H,4,7-8,11H2,1-2H3,(H2,18,19,22). The number of aliphatic hydroxyl groups is 1. The zero-order chi connectivity index (χ0) is 16.4. The lowest BCUT2D eigenvalue weighted by atomic mass is 9.80. The third kappa shape index (κ3) is 3.53. The Balaban J connectivity index is 1.65. The van der Waals surface area contributed by atoms with Gasteiger partial charge in [0.2, 0.25) is 0 Å². The maximum Gasteiger partial charge on any atom is 0.319 e. The molecular formula is C17H22N4O2. The van der Waals surface area contributed by atoms with E-state index in [1.165, 1.54) is 0 Å². The number of rotatable bonds is 4. The third-order valence-corrected chi connectivity index (χ3v) is 4.22. The highest BCUT2D eigenvalue weighted by Crippen LogP contribution is 2.30. The molecule has 6 heteroatoms. The fourth-order valence-electron chi connectivity index (χ4n) is 2.79. The van der Waals surface area contributed by atoms with Gasteiger partial charge in [0.1, 0.15) is 0 Å². The summed E-state index contributed by atoms with van der Waals surface area (Å²) in [5.74, 6) is 0. The number of urea groups is 1. The summed E-state index contributed by atoms with van der Waals surface area (Å²) in [6, 6.07) is 9.21. The molecular weight excluding hydrogens is 292 g/mol. The first-order valence-corrected chi connectivity index (χ1v) is 7.86. The zero-order valence-electron chi connectivity index (χ0n) is 13.5. The molecule has 0 atom stereocenters. The van der Waals surface area contributed by atoms with Gasteiger partial charge in [0.25, 0.3) is 0 Å². The predicted molar refractivity (Wildman–Crippen MR) is 88.9 cm³/mol. The summed E-state index contributed by atoms with van der Waals surface area (Å²) in [7, 11) is 0. The average molecular weight is 314 g/mol. The smallest absolute Gasteiger partial charge is 0.319 e. The number of nitrogens with zero attached hydrogens (tertiary/aromatic N) is 2. The summed E-state index contributed by atoms with van der Waals surface area (Å²) >= 11 is 0. The van der Waals surface area contributed by atoms with E-state index in [0.717, 1.165) is 36.3 Å². The molecule has 23 heavy (non-hydrogen) atoms. The van der Waals surface area contributed by atoms with Crippen molar-refractivity contribution in [1.82, 2.24) is 15.1 Å². The van der Waals surface area contributed by atoms with Gasteiger partial charge in [-0.2, -0.15) is 5.10 Å². The van der Waals surface area contributed by atoms with Crippen LogP contribution in [0.25, 0.3) is 5.69 Å². The number of carbonyl (C=O) groups is 1. The van der Waals surface area contributed by atoms with Crippen LogP contribution in [0.1, 0.15) is 30.7 Å². The third-order valence-electron chi connectivity index (χ3n) is 4.22. The lowest BCUT2D eigenvalue weighted by Gasteiger charge is -2.36. The number of aryl methyl sites for hydroxylation is 2. The molecule has 3 N–H and O–H groups in total. The van der Waals surface area contributed by atoms with Gasteiger partial charge in [0, 0.05) is 17.9 Å². The first-order chi connectivity index (χ1) is 11.0. The largest absolute Gasteiger partial charge is 0.388 e. The molecule has 1 heterocycles. The Labute approximate surface area is 135 Å². The predicted octanol–water partition coefficient (Wildman–Crippen LogP) is 2.53. The number of benzene rings is 1. The molecule has 1 aromatic heterocycles. The van der Waals surface area contributed by atoms with E-state index in [-0.39, 0.29) is 12.6 Å². The Kier molecular flexibility index (Phi) is 4.09. The van der Waals surface area contributed by atoms with Crippen LogP contribution in [-0.4, -0.2) is 33.1 Å². The Hall–Kier alpha value is -2.34. The molecule has 1 aromatic carbocycles. The first-order valence-electron chi connectivity index (χ1n) is 7.86. The second-order valence-corrected chi connectivity index (χ2v) is 6.27. The number of hydrogen-bond donors (Lipinski definition) is 3. The van der Waals surface area contributed by atoms with E-state index in [9.17, 15) is 9.90 Å². The van der Waals surface area contributed by atoms with Gasteiger partial charge in [0.05, 0.1) is 17.0 Å². The molecule has 122 valence electrons. The fourth-order valence-corrected chi connectivity index (χ4v) is 2.79. The highest BCUT2D eigenvalue weighted by Gasteiger charge is 2.34. The molecule has 3 rings (SSSR count).